The first kappa shape index (κ1) is 20.2. The standard InChI is InChI=1S/C12H21N3O10/c13-15-14-1-3-5(17)7(19)9(21)11(23-3)25-12-10(22)8(20)6(18)4(2-16)24-12/h3-12,16-22H,1-2H2/t3?,4-,5-,6-,7?,8?,9?,10?,11-,12-/m1/s1. The van der Waals surface area contributed by atoms with Gasteiger partial charge in [-0.1, -0.05) is 5.11 Å². The maximum Gasteiger partial charge on any atom is 0.189 e. The van der Waals surface area contributed by atoms with Gasteiger partial charge in [-0.15, -0.1) is 0 Å². The van der Waals surface area contributed by atoms with Crippen LogP contribution >= 0.6 is 0 Å². The van der Waals surface area contributed by atoms with Gasteiger partial charge in [0.25, 0.3) is 0 Å². The molecule has 25 heavy (non-hydrogen) atoms. The minimum Gasteiger partial charge on any atom is -0.394 e. The number of hydrogen-bond acceptors (Lipinski definition) is 11. The summed E-state index contributed by atoms with van der Waals surface area (Å²) in [7, 11) is 0. The summed E-state index contributed by atoms with van der Waals surface area (Å²) < 4.78 is 15.5. The van der Waals surface area contributed by atoms with E-state index < -0.39 is 68.0 Å². The van der Waals surface area contributed by atoms with Gasteiger partial charge in [0.2, 0.25) is 0 Å². The molecule has 7 N–H and O–H groups in total. The average molecular weight is 367 g/mol. The predicted octanol–water partition coefficient (Wildman–Crippen LogP) is -4.08. The van der Waals surface area contributed by atoms with E-state index in [1.807, 2.05) is 0 Å². The molecule has 2 rings (SSSR count). The van der Waals surface area contributed by atoms with Crippen LogP contribution in [0.2, 0.25) is 0 Å². The minimum atomic E-state index is -1.75. The van der Waals surface area contributed by atoms with Gasteiger partial charge in [-0.25, -0.2) is 0 Å². The van der Waals surface area contributed by atoms with Crippen LogP contribution in [0.15, 0.2) is 5.11 Å². The van der Waals surface area contributed by atoms with Crippen molar-refractivity contribution in [1.29, 1.82) is 0 Å². The van der Waals surface area contributed by atoms with Crippen molar-refractivity contribution in [2.75, 3.05) is 13.2 Å². The Hall–Kier alpha value is -1.09. The predicted molar refractivity (Wildman–Crippen MR) is 75.5 cm³/mol. The molecule has 2 heterocycles. The fourth-order valence-electron chi connectivity index (χ4n) is 2.61. The summed E-state index contributed by atoms with van der Waals surface area (Å²) in [4.78, 5) is 2.50. The Balaban J connectivity index is 2.09. The zero-order valence-corrected chi connectivity index (χ0v) is 12.9. The second-order valence-electron chi connectivity index (χ2n) is 5.76. The number of rotatable bonds is 5. The highest BCUT2D eigenvalue weighted by Gasteiger charge is 2.49. The zero-order chi connectivity index (χ0) is 18.7. The monoisotopic (exact) mass is 367 g/mol. The van der Waals surface area contributed by atoms with E-state index in [1.165, 1.54) is 0 Å². The molecule has 2 fully saturated rings. The van der Waals surface area contributed by atoms with Gasteiger partial charge in [0.15, 0.2) is 12.6 Å². The third-order valence-corrected chi connectivity index (χ3v) is 4.11. The highest BCUT2D eigenvalue weighted by molar-refractivity contribution is 4.92. The van der Waals surface area contributed by atoms with Crippen LogP contribution in [-0.4, -0.2) is 110 Å². The molecule has 2 saturated heterocycles. The SMILES string of the molecule is [N-]=[N+]=NCC1O[C@H](O[C@H]2O[C@H](CO)[C@@H](O)C(O)C2O)C(O)C(O)[C@@H]1O. The lowest BCUT2D eigenvalue weighted by atomic mass is 9.98. The van der Waals surface area contributed by atoms with Crippen LogP contribution in [0.5, 0.6) is 0 Å². The van der Waals surface area contributed by atoms with Crippen molar-refractivity contribution in [3.8, 4) is 0 Å². The van der Waals surface area contributed by atoms with Gasteiger partial charge >= 0.3 is 0 Å². The van der Waals surface area contributed by atoms with Crippen LogP contribution in [0.3, 0.4) is 0 Å². The number of aliphatic hydroxyl groups excluding tert-OH is 7. The summed E-state index contributed by atoms with van der Waals surface area (Å²) >= 11 is 0. The van der Waals surface area contributed by atoms with Crippen molar-refractivity contribution < 1.29 is 50.0 Å². The second kappa shape index (κ2) is 8.53. The molecule has 5 unspecified atom stereocenters. The highest BCUT2D eigenvalue weighted by atomic mass is 16.8. The van der Waals surface area contributed by atoms with Crippen molar-refractivity contribution >= 4 is 0 Å². The van der Waals surface area contributed by atoms with Gasteiger partial charge in [0.1, 0.15) is 42.7 Å². The Morgan fingerprint density at radius 2 is 1.28 bits per heavy atom. The van der Waals surface area contributed by atoms with E-state index in [9.17, 15) is 30.6 Å². The Labute approximate surface area is 141 Å². The van der Waals surface area contributed by atoms with Gasteiger partial charge in [-0.2, -0.15) is 0 Å². The zero-order valence-electron chi connectivity index (χ0n) is 12.9. The molecule has 13 nitrogen and oxygen atoms in total. The molecule has 0 radical (unpaired) electrons. The Bertz CT molecular complexity index is 490. The first-order valence-corrected chi connectivity index (χ1v) is 7.48. The fourth-order valence-corrected chi connectivity index (χ4v) is 2.61. The van der Waals surface area contributed by atoms with Crippen molar-refractivity contribution in [2.24, 2.45) is 5.11 Å². The lowest BCUT2D eigenvalue weighted by Crippen LogP contribution is -2.63. The lowest BCUT2D eigenvalue weighted by molar-refractivity contribution is -0.374. The minimum absolute atomic E-state index is 0.365. The summed E-state index contributed by atoms with van der Waals surface area (Å²) in [6, 6.07) is 0. The number of ether oxygens (including phenoxy) is 3. The molecular weight excluding hydrogens is 346 g/mol. The van der Waals surface area contributed by atoms with Crippen LogP contribution in [0.1, 0.15) is 0 Å². The lowest BCUT2D eigenvalue weighted by Gasteiger charge is -2.44. The molecule has 0 saturated carbocycles. The van der Waals surface area contributed by atoms with Crippen LogP contribution in [0.25, 0.3) is 10.4 Å². The van der Waals surface area contributed by atoms with Crippen molar-refractivity contribution in [1.82, 2.24) is 0 Å². The van der Waals surface area contributed by atoms with E-state index in [-0.39, 0.29) is 6.54 Å². The van der Waals surface area contributed by atoms with E-state index in [0.29, 0.717) is 0 Å². The van der Waals surface area contributed by atoms with Crippen LogP contribution in [-0.2, 0) is 14.2 Å². The fraction of sp³-hybridized carbons (Fsp3) is 1.00. The summed E-state index contributed by atoms with van der Waals surface area (Å²) in [6.45, 7) is -1.05. The van der Waals surface area contributed by atoms with Crippen molar-refractivity contribution in [3.63, 3.8) is 0 Å². The largest absolute Gasteiger partial charge is 0.394 e. The van der Waals surface area contributed by atoms with Crippen LogP contribution in [0, 0.1) is 0 Å². The molecule has 0 bridgehead atoms. The van der Waals surface area contributed by atoms with E-state index >= 15 is 0 Å². The van der Waals surface area contributed by atoms with Gasteiger partial charge in [0, 0.05) is 4.91 Å². The molecule has 13 heteroatoms. The average Bonchev–Trinajstić information content (AvgIpc) is 2.61. The van der Waals surface area contributed by atoms with Gasteiger partial charge in [-0.3, -0.25) is 0 Å². The molecule has 0 amide bonds. The Morgan fingerprint density at radius 1 is 0.800 bits per heavy atom. The third kappa shape index (κ3) is 4.19. The molecular formula is C12H21N3O10. The molecule has 2 aliphatic heterocycles. The smallest absolute Gasteiger partial charge is 0.189 e. The van der Waals surface area contributed by atoms with Crippen LogP contribution < -0.4 is 0 Å². The molecule has 0 spiro atoms. The molecule has 0 aromatic heterocycles. The maximum atomic E-state index is 9.95. The van der Waals surface area contributed by atoms with Crippen molar-refractivity contribution in [3.05, 3.63) is 10.4 Å². The normalized spacial score (nSPS) is 48.0. The third-order valence-electron chi connectivity index (χ3n) is 4.11. The summed E-state index contributed by atoms with van der Waals surface area (Å²) in [6.07, 6.45) is -15.7. The molecule has 0 aliphatic carbocycles. The van der Waals surface area contributed by atoms with E-state index in [2.05, 4.69) is 10.0 Å². The first-order chi connectivity index (χ1) is 11.8. The molecule has 2 aliphatic rings. The number of hydrogen-bond donors (Lipinski definition) is 7. The topological polar surface area (TPSA) is 218 Å². The molecule has 144 valence electrons. The molecule has 0 aromatic rings. The van der Waals surface area contributed by atoms with Crippen molar-refractivity contribution in [2.45, 2.75) is 61.4 Å². The van der Waals surface area contributed by atoms with Gasteiger partial charge < -0.3 is 50.0 Å². The van der Waals surface area contributed by atoms with E-state index in [1.54, 1.807) is 0 Å². The van der Waals surface area contributed by atoms with Crippen LogP contribution in [0.4, 0.5) is 0 Å². The summed E-state index contributed by atoms with van der Waals surface area (Å²) in [5, 5.41) is 71.2. The quantitative estimate of drug-likeness (QED) is 0.141. The molecule has 10 atom stereocenters. The number of aliphatic hydroxyl groups is 7. The summed E-state index contributed by atoms with van der Waals surface area (Å²) in [5.74, 6) is 0. The number of azide groups is 1. The van der Waals surface area contributed by atoms with E-state index in [4.69, 9.17) is 24.8 Å². The van der Waals surface area contributed by atoms with Gasteiger partial charge in [0.05, 0.1) is 19.3 Å². The Morgan fingerprint density at radius 3 is 1.76 bits per heavy atom. The second-order valence-corrected chi connectivity index (χ2v) is 5.76. The van der Waals surface area contributed by atoms with Gasteiger partial charge in [-0.05, 0) is 5.53 Å². The first-order valence-electron chi connectivity index (χ1n) is 7.48. The Kier molecular flexibility index (Phi) is 6.90. The molecule has 0 aromatic carbocycles. The maximum absolute atomic E-state index is 9.95. The van der Waals surface area contributed by atoms with E-state index in [0.717, 1.165) is 0 Å². The number of nitrogens with zero attached hydrogens (tertiary/aromatic N) is 3. The summed E-state index contributed by atoms with van der Waals surface area (Å²) in [5.41, 5.74) is 8.32. The highest BCUT2D eigenvalue weighted by Crippen LogP contribution is 2.28.